The van der Waals surface area contributed by atoms with Gasteiger partial charge in [0.1, 0.15) is 18.0 Å². The van der Waals surface area contributed by atoms with Crippen molar-refractivity contribution in [1.82, 2.24) is 19.5 Å². The fraction of sp³-hybridized carbons (Fsp3) is 0.0556. The maximum atomic E-state index is 14.3. The first-order valence-corrected chi connectivity index (χ1v) is 8.41. The first kappa shape index (κ1) is 15.7. The third-order valence-corrected chi connectivity index (χ3v) is 4.35. The van der Waals surface area contributed by atoms with Crippen molar-refractivity contribution in [3.05, 3.63) is 77.3 Å². The molecule has 2 heterocycles. The number of hydrogen-bond acceptors (Lipinski definition) is 4. The van der Waals surface area contributed by atoms with E-state index in [2.05, 4.69) is 36.2 Å². The minimum Gasteiger partial charge on any atom is -0.365 e. The predicted octanol–water partition coefficient (Wildman–Crippen LogP) is 4.33. The lowest BCUT2D eigenvalue weighted by Crippen LogP contribution is -2.04. The van der Waals surface area contributed by atoms with Gasteiger partial charge in [0.2, 0.25) is 0 Å². The second-order valence-electron chi connectivity index (χ2n) is 5.49. The standard InChI is InChI=1S/C18H13BrFN5/c19-13-2-3-16-14(8-13)18(24-10-23-16)22-9-12-1-4-17(15(20)7-12)25-6-5-21-11-25/h1-8,10-11H,9H2,(H,22,23,24). The lowest BCUT2D eigenvalue weighted by atomic mass is 10.2. The summed E-state index contributed by atoms with van der Waals surface area (Å²) in [6.45, 7) is 0.458. The van der Waals surface area contributed by atoms with Crippen LogP contribution in [0.1, 0.15) is 5.56 Å². The van der Waals surface area contributed by atoms with Crippen molar-refractivity contribution in [3.63, 3.8) is 0 Å². The predicted molar refractivity (Wildman–Crippen MR) is 98.1 cm³/mol. The Morgan fingerprint density at radius 1 is 1.12 bits per heavy atom. The summed E-state index contributed by atoms with van der Waals surface area (Å²) < 4.78 is 16.9. The topological polar surface area (TPSA) is 55.6 Å². The summed E-state index contributed by atoms with van der Waals surface area (Å²) >= 11 is 3.46. The summed E-state index contributed by atoms with van der Waals surface area (Å²) in [5.41, 5.74) is 2.14. The van der Waals surface area contributed by atoms with Crippen molar-refractivity contribution < 1.29 is 4.39 Å². The molecule has 0 saturated heterocycles. The third kappa shape index (κ3) is 3.23. The largest absolute Gasteiger partial charge is 0.365 e. The Hall–Kier alpha value is -2.80. The van der Waals surface area contributed by atoms with E-state index >= 15 is 0 Å². The molecule has 0 bridgehead atoms. The molecule has 0 aliphatic rings. The van der Waals surface area contributed by atoms with E-state index in [0.717, 1.165) is 20.9 Å². The molecule has 2 aromatic heterocycles. The van der Waals surface area contributed by atoms with E-state index in [1.54, 1.807) is 29.4 Å². The number of imidazole rings is 1. The van der Waals surface area contributed by atoms with Gasteiger partial charge in [0.15, 0.2) is 0 Å². The summed E-state index contributed by atoms with van der Waals surface area (Å²) in [6, 6.07) is 10.9. The van der Waals surface area contributed by atoms with Crippen LogP contribution in [0.5, 0.6) is 0 Å². The van der Waals surface area contributed by atoms with Crippen molar-refractivity contribution in [1.29, 1.82) is 0 Å². The van der Waals surface area contributed by atoms with Crippen LogP contribution in [0.15, 0.2) is 65.9 Å². The van der Waals surface area contributed by atoms with Crippen LogP contribution in [0.25, 0.3) is 16.6 Å². The zero-order chi connectivity index (χ0) is 17.2. The molecular formula is C18H13BrFN5. The number of anilines is 1. The van der Waals surface area contributed by atoms with Crippen molar-refractivity contribution >= 4 is 32.7 Å². The number of rotatable bonds is 4. The number of aromatic nitrogens is 4. The van der Waals surface area contributed by atoms with Gasteiger partial charge in [-0.25, -0.2) is 19.3 Å². The fourth-order valence-corrected chi connectivity index (χ4v) is 2.99. The van der Waals surface area contributed by atoms with E-state index in [1.165, 1.54) is 12.4 Å². The van der Waals surface area contributed by atoms with Crippen LogP contribution in [-0.4, -0.2) is 19.5 Å². The maximum absolute atomic E-state index is 14.3. The molecule has 25 heavy (non-hydrogen) atoms. The molecule has 0 radical (unpaired) electrons. The molecule has 0 atom stereocenters. The van der Waals surface area contributed by atoms with Crippen LogP contribution in [0.2, 0.25) is 0 Å². The van der Waals surface area contributed by atoms with Gasteiger partial charge in [-0.05, 0) is 35.9 Å². The third-order valence-electron chi connectivity index (χ3n) is 3.85. The van der Waals surface area contributed by atoms with Crippen LogP contribution >= 0.6 is 15.9 Å². The number of fused-ring (bicyclic) bond motifs is 1. The SMILES string of the molecule is Fc1cc(CNc2ncnc3ccc(Br)cc23)ccc1-n1ccnc1. The van der Waals surface area contributed by atoms with Crippen LogP contribution in [0.3, 0.4) is 0 Å². The molecule has 0 spiro atoms. The quantitative estimate of drug-likeness (QED) is 0.556. The maximum Gasteiger partial charge on any atom is 0.147 e. The van der Waals surface area contributed by atoms with Gasteiger partial charge in [0, 0.05) is 28.8 Å². The average molecular weight is 398 g/mol. The van der Waals surface area contributed by atoms with E-state index in [9.17, 15) is 4.39 Å². The zero-order valence-corrected chi connectivity index (χ0v) is 14.6. The molecule has 0 fully saturated rings. The molecule has 124 valence electrons. The molecule has 0 aliphatic heterocycles. The molecule has 4 aromatic rings. The number of nitrogens with zero attached hydrogens (tertiary/aromatic N) is 4. The molecule has 4 rings (SSSR count). The summed E-state index contributed by atoms with van der Waals surface area (Å²) in [4.78, 5) is 12.5. The highest BCUT2D eigenvalue weighted by molar-refractivity contribution is 9.10. The van der Waals surface area contributed by atoms with Gasteiger partial charge in [0.05, 0.1) is 17.5 Å². The van der Waals surface area contributed by atoms with Crippen LogP contribution in [0, 0.1) is 5.82 Å². The molecule has 7 heteroatoms. The second kappa shape index (κ2) is 6.60. The van der Waals surface area contributed by atoms with Crippen LogP contribution in [0.4, 0.5) is 10.2 Å². The highest BCUT2D eigenvalue weighted by Gasteiger charge is 2.07. The molecule has 0 unspecified atom stereocenters. The molecule has 1 N–H and O–H groups in total. The zero-order valence-electron chi connectivity index (χ0n) is 13.0. The Bertz CT molecular complexity index is 1030. The Morgan fingerprint density at radius 3 is 2.84 bits per heavy atom. The van der Waals surface area contributed by atoms with Gasteiger partial charge >= 0.3 is 0 Å². The molecule has 2 aromatic carbocycles. The molecular weight excluding hydrogens is 385 g/mol. The Balaban J connectivity index is 1.58. The van der Waals surface area contributed by atoms with Gasteiger partial charge in [-0.3, -0.25) is 0 Å². The van der Waals surface area contributed by atoms with Gasteiger partial charge in [-0.2, -0.15) is 0 Å². The van der Waals surface area contributed by atoms with Crippen LogP contribution in [-0.2, 0) is 6.54 Å². The lowest BCUT2D eigenvalue weighted by Gasteiger charge is -2.10. The van der Waals surface area contributed by atoms with E-state index in [-0.39, 0.29) is 5.82 Å². The first-order valence-electron chi connectivity index (χ1n) is 7.61. The van der Waals surface area contributed by atoms with Crippen molar-refractivity contribution in [2.45, 2.75) is 6.54 Å². The van der Waals surface area contributed by atoms with Crippen molar-refractivity contribution in [3.8, 4) is 5.69 Å². The van der Waals surface area contributed by atoms with Crippen LogP contribution < -0.4 is 5.32 Å². The highest BCUT2D eigenvalue weighted by Crippen LogP contribution is 2.24. The Morgan fingerprint density at radius 2 is 2.04 bits per heavy atom. The normalized spacial score (nSPS) is 11.0. The van der Waals surface area contributed by atoms with E-state index in [1.807, 2.05) is 24.3 Å². The number of nitrogens with one attached hydrogen (secondary N) is 1. The second-order valence-corrected chi connectivity index (χ2v) is 6.41. The van der Waals surface area contributed by atoms with E-state index in [4.69, 9.17) is 0 Å². The molecule has 5 nitrogen and oxygen atoms in total. The minimum absolute atomic E-state index is 0.299. The Labute approximate surface area is 151 Å². The first-order chi connectivity index (χ1) is 12.2. The summed E-state index contributed by atoms with van der Waals surface area (Å²) in [5.74, 6) is 0.415. The highest BCUT2D eigenvalue weighted by atomic mass is 79.9. The number of hydrogen-bond donors (Lipinski definition) is 1. The van der Waals surface area contributed by atoms with Gasteiger partial charge in [-0.15, -0.1) is 0 Å². The van der Waals surface area contributed by atoms with E-state index in [0.29, 0.717) is 18.1 Å². The summed E-state index contributed by atoms with van der Waals surface area (Å²) in [5, 5.41) is 4.16. The molecule has 0 saturated carbocycles. The van der Waals surface area contributed by atoms with Gasteiger partial charge in [-0.1, -0.05) is 22.0 Å². The van der Waals surface area contributed by atoms with Gasteiger partial charge in [0.25, 0.3) is 0 Å². The Kier molecular flexibility index (Phi) is 4.15. The average Bonchev–Trinajstić information content (AvgIpc) is 3.14. The van der Waals surface area contributed by atoms with Crippen molar-refractivity contribution in [2.75, 3.05) is 5.32 Å². The number of benzene rings is 2. The minimum atomic E-state index is -0.299. The lowest BCUT2D eigenvalue weighted by molar-refractivity contribution is 0.616. The smallest absolute Gasteiger partial charge is 0.147 e. The molecule has 0 amide bonds. The molecule has 0 aliphatic carbocycles. The fourth-order valence-electron chi connectivity index (χ4n) is 2.63. The van der Waals surface area contributed by atoms with Gasteiger partial charge < -0.3 is 9.88 Å². The monoisotopic (exact) mass is 397 g/mol. The van der Waals surface area contributed by atoms with Crippen molar-refractivity contribution in [2.24, 2.45) is 0 Å². The summed E-state index contributed by atoms with van der Waals surface area (Å²) in [6.07, 6.45) is 6.41. The number of halogens is 2. The summed E-state index contributed by atoms with van der Waals surface area (Å²) in [7, 11) is 0. The van der Waals surface area contributed by atoms with E-state index < -0.39 is 0 Å².